The van der Waals surface area contributed by atoms with Gasteiger partial charge in [-0.05, 0) is 41.1 Å². The van der Waals surface area contributed by atoms with Crippen molar-refractivity contribution in [2.75, 3.05) is 7.11 Å². The van der Waals surface area contributed by atoms with Crippen LogP contribution in [0.2, 0.25) is 0 Å². The van der Waals surface area contributed by atoms with E-state index >= 15 is 0 Å². The highest BCUT2D eigenvalue weighted by atomic mass is 16.5. The average Bonchev–Trinajstić information content (AvgIpc) is 3.18. The molecule has 5 heteroatoms. The van der Waals surface area contributed by atoms with Gasteiger partial charge in [0.1, 0.15) is 5.75 Å². The van der Waals surface area contributed by atoms with Crippen molar-refractivity contribution in [3.8, 4) is 28.4 Å². The summed E-state index contributed by atoms with van der Waals surface area (Å²) in [5.41, 5.74) is 2.99. The molecule has 5 aromatic rings. The third kappa shape index (κ3) is 2.60. The predicted molar refractivity (Wildman–Crippen MR) is 106 cm³/mol. The second-order valence-corrected chi connectivity index (χ2v) is 6.23. The lowest BCUT2D eigenvalue weighted by Crippen LogP contribution is -1.96. The number of hydrogen-bond donors (Lipinski definition) is 0. The summed E-state index contributed by atoms with van der Waals surface area (Å²) in [5, 5.41) is 7.09. The summed E-state index contributed by atoms with van der Waals surface area (Å²) in [6.45, 7) is 0. The number of rotatable bonds is 3. The Morgan fingerprint density at radius 1 is 0.852 bits per heavy atom. The van der Waals surface area contributed by atoms with E-state index in [1.54, 1.807) is 17.8 Å². The molecule has 0 saturated carbocycles. The van der Waals surface area contributed by atoms with Crippen molar-refractivity contribution >= 4 is 16.6 Å². The van der Waals surface area contributed by atoms with Crippen LogP contribution in [0.4, 0.5) is 0 Å². The van der Waals surface area contributed by atoms with E-state index in [2.05, 4.69) is 40.3 Å². The van der Waals surface area contributed by atoms with Crippen molar-refractivity contribution in [2.45, 2.75) is 0 Å². The number of nitrogens with zero attached hydrogens (tertiary/aromatic N) is 4. The van der Waals surface area contributed by atoms with E-state index in [0.717, 1.165) is 22.6 Å². The van der Waals surface area contributed by atoms with Crippen molar-refractivity contribution in [2.24, 2.45) is 0 Å². The molecule has 0 aliphatic rings. The molecule has 0 amide bonds. The van der Waals surface area contributed by atoms with Gasteiger partial charge in [0.05, 0.1) is 12.8 Å². The van der Waals surface area contributed by atoms with Crippen LogP contribution >= 0.6 is 0 Å². The van der Waals surface area contributed by atoms with Gasteiger partial charge in [0.25, 0.3) is 5.78 Å². The van der Waals surface area contributed by atoms with Gasteiger partial charge in [-0.1, -0.05) is 42.5 Å². The highest BCUT2D eigenvalue weighted by molar-refractivity contribution is 5.96. The van der Waals surface area contributed by atoms with Gasteiger partial charge >= 0.3 is 0 Å². The molecule has 0 radical (unpaired) electrons. The standard InChI is InChI=1S/C22H16N4O/c1-27-17-11-9-16(10-12-17)21-24-22-23-14-13-20(26(22)25-21)19-8-4-6-15-5-2-3-7-18(15)19/h2-14H,1H3. The van der Waals surface area contributed by atoms with Gasteiger partial charge in [-0.15, -0.1) is 5.10 Å². The molecule has 130 valence electrons. The second-order valence-electron chi connectivity index (χ2n) is 6.23. The van der Waals surface area contributed by atoms with Crippen LogP contribution in [0.1, 0.15) is 0 Å². The maximum Gasteiger partial charge on any atom is 0.253 e. The monoisotopic (exact) mass is 352 g/mol. The minimum absolute atomic E-state index is 0.575. The number of aromatic nitrogens is 4. The van der Waals surface area contributed by atoms with Crippen LogP contribution in [0.25, 0.3) is 39.2 Å². The lowest BCUT2D eigenvalue weighted by atomic mass is 10.0. The molecule has 0 saturated heterocycles. The van der Waals surface area contributed by atoms with Crippen LogP contribution in [0.5, 0.6) is 5.75 Å². The predicted octanol–water partition coefficient (Wildman–Crippen LogP) is 4.62. The van der Waals surface area contributed by atoms with Crippen LogP contribution in [-0.4, -0.2) is 26.7 Å². The van der Waals surface area contributed by atoms with Crippen molar-refractivity contribution in [1.29, 1.82) is 0 Å². The lowest BCUT2D eigenvalue weighted by molar-refractivity contribution is 0.415. The summed E-state index contributed by atoms with van der Waals surface area (Å²) in [6, 6.07) is 24.3. The normalized spacial score (nSPS) is 11.1. The summed E-state index contributed by atoms with van der Waals surface area (Å²) >= 11 is 0. The molecule has 0 unspecified atom stereocenters. The first-order valence-electron chi connectivity index (χ1n) is 8.68. The van der Waals surface area contributed by atoms with E-state index < -0.39 is 0 Å². The summed E-state index contributed by atoms with van der Waals surface area (Å²) < 4.78 is 7.03. The van der Waals surface area contributed by atoms with Crippen LogP contribution in [0, 0.1) is 0 Å². The van der Waals surface area contributed by atoms with E-state index in [-0.39, 0.29) is 0 Å². The Bertz CT molecular complexity index is 1250. The Balaban J connectivity index is 1.70. The zero-order valence-corrected chi connectivity index (χ0v) is 14.7. The number of fused-ring (bicyclic) bond motifs is 2. The van der Waals surface area contributed by atoms with Gasteiger partial charge in [0, 0.05) is 17.3 Å². The minimum atomic E-state index is 0.575. The minimum Gasteiger partial charge on any atom is -0.497 e. The molecule has 3 aromatic carbocycles. The Morgan fingerprint density at radius 2 is 1.67 bits per heavy atom. The van der Waals surface area contributed by atoms with Gasteiger partial charge in [-0.2, -0.15) is 9.50 Å². The lowest BCUT2D eigenvalue weighted by Gasteiger charge is -2.07. The summed E-state index contributed by atoms with van der Waals surface area (Å²) in [7, 11) is 1.65. The molecule has 2 heterocycles. The van der Waals surface area contributed by atoms with Gasteiger partial charge in [0.2, 0.25) is 0 Å². The van der Waals surface area contributed by atoms with Gasteiger partial charge in [0.15, 0.2) is 5.82 Å². The number of hydrogen-bond acceptors (Lipinski definition) is 4. The number of benzene rings is 3. The largest absolute Gasteiger partial charge is 0.497 e. The molecule has 0 aliphatic carbocycles. The topological polar surface area (TPSA) is 52.3 Å². The smallest absolute Gasteiger partial charge is 0.253 e. The van der Waals surface area contributed by atoms with Crippen molar-refractivity contribution < 1.29 is 4.74 Å². The van der Waals surface area contributed by atoms with Crippen molar-refractivity contribution in [1.82, 2.24) is 19.6 Å². The molecule has 2 aromatic heterocycles. The van der Waals surface area contributed by atoms with E-state index in [9.17, 15) is 0 Å². The molecule has 0 aliphatic heterocycles. The first kappa shape index (κ1) is 15.5. The van der Waals surface area contributed by atoms with E-state index in [4.69, 9.17) is 9.84 Å². The summed E-state index contributed by atoms with van der Waals surface area (Å²) in [4.78, 5) is 9.00. The zero-order chi connectivity index (χ0) is 18.2. The number of methoxy groups -OCH3 is 1. The summed E-state index contributed by atoms with van der Waals surface area (Å²) in [6.07, 6.45) is 1.78. The zero-order valence-electron chi connectivity index (χ0n) is 14.7. The molecule has 0 bridgehead atoms. The van der Waals surface area contributed by atoms with Gasteiger partial charge in [-0.3, -0.25) is 0 Å². The first-order valence-corrected chi connectivity index (χ1v) is 8.68. The van der Waals surface area contributed by atoms with Crippen LogP contribution < -0.4 is 4.74 Å². The highest BCUT2D eigenvalue weighted by Gasteiger charge is 2.13. The molecule has 5 rings (SSSR count). The van der Waals surface area contributed by atoms with Crippen LogP contribution in [-0.2, 0) is 0 Å². The molecular weight excluding hydrogens is 336 g/mol. The van der Waals surface area contributed by atoms with Crippen LogP contribution in [0.3, 0.4) is 0 Å². The SMILES string of the molecule is COc1ccc(-c2nc3nccc(-c4cccc5ccccc45)n3n2)cc1. The first-order chi connectivity index (χ1) is 13.3. The van der Waals surface area contributed by atoms with Crippen molar-refractivity contribution in [3.05, 3.63) is 79.0 Å². The fourth-order valence-electron chi connectivity index (χ4n) is 3.31. The average molecular weight is 352 g/mol. The van der Waals surface area contributed by atoms with Crippen LogP contribution in [0.15, 0.2) is 79.0 Å². The molecule has 27 heavy (non-hydrogen) atoms. The molecule has 0 fully saturated rings. The molecular formula is C22H16N4O. The maximum absolute atomic E-state index is 5.22. The third-order valence-electron chi connectivity index (χ3n) is 4.65. The Hall–Kier alpha value is -3.73. The Morgan fingerprint density at radius 3 is 2.52 bits per heavy atom. The van der Waals surface area contributed by atoms with Crippen molar-refractivity contribution in [3.63, 3.8) is 0 Å². The molecule has 0 spiro atoms. The fourth-order valence-corrected chi connectivity index (χ4v) is 3.31. The highest BCUT2D eigenvalue weighted by Crippen LogP contribution is 2.29. The molecule has 0 atom stereocenters. The Labute approximate surface area is 155 Å². The summed E-state index contributed by atoms with van der Waals surface area (Å²) in [5.74, 6) is 2.01. The van der Waals surface area contributed by atoms with Gasteiger partial charge in [-0.25, -0.2) is 4.98 Å². The molecule has 0 N–H and O–H groups in total. The Kier molecular flexibility index (Phi) is 3.57. The third-order valence-corrected chi connectivity index (χ3v) is 4.65. The van der Waals surface area contributed by atoms with Gasteiger partial charge < -0.3 is 4.74 Å². The maximum atomic E-state index is 5.22. The quantitative estimate of drug-likeness (QED) is 0.475. The molecule has 5 nitrogen and oxygen atoms in total. The fraction of sp³-hybridized carbons (Fsp3) is 0.0455. The second kappa shape index (κ2) is 6.21. The van der Waals surface area contributed by atoms with E-state index in [1.165, 1.54) is 10.8 Å². The van der Waals surface area contributed by atoms with E-state index in [1.807, 2.05) is 42.5 Å². The van der Waals surface area contributed by atoms with E-state index in [0.29, 0.717) is 11.6 Å². The number of ether oxygens (including phenoxy) is 1.